The van der Waals surface area contributed by atoms with Crippen LogP contribution in [0.2, 0.25) is 0 Å². The number of aryl methyl sites for hydroxylation is 1. The number of ether oxygens (including phenoxy) is 2. The average Bonchev–Trinajstić information content (AvgIpc) is 3.43. The second kappa shape index (κ2) is 13.4. The number of carbonyl (C=O) groups excluding carboxylic acids is 2. The van der Waals surface area contributed by atoms with E-state index in [4.69, 9.17) is 9.47 Å². The predicted octanol–water partition coefficient (Wildman–Crippen LogP) is 5.07. The van der Waals surface area contributed by atoms with Gasteiger partial charge in [-0.25, -0.2) is 13.2 Å². The van der Waals surface area contributed by atoms with Crippen LogP contribution in [-0.2, 0) is 26.0 Å². The first-order valence-electron chi connectivity index (χ1n) is 15.2. The lowest BCUT2D eigenvalue weighted by Crippen LogP contribution is -2.50. The number of nitrogens with one attached hydrogen (secondary N) is 3. The Morgan fingerprint density at radius 2 is 1.67 bits per heavy atom. The predicted molar refractivity (Wildman–Crippen MR) is 179 cm³/mol. The first-order valence-corrected chi connectivity index (χ1v) is 16.7. The number of methoxy groups -OCH3 is 1. The first-order chi connectivity index (χ1) is 21.8. The molecule has 0 aliphatic carbocycles. The molecule has 1 unspecified atom stereocenters. The molecule has 11 nitrogen and oxygen atoms in total. The Morgan fingerprint density at radius 3 is 2.35 bits per heavy atom. The van der Waals surface area contributed by atoms with Gasteiger partial charge in [-0.1, -0.05) is 35.9 Å². The highest BCUT2D eigenvalue weighted by molar-refractivity contribution is 7.89. The highest BCUT2D eigenvalue weighted by atomic mass is 32.2. The molecule has 4 aromatic rings. The minimum atomic E-state index is -4.02. The van der Waals surface area contributed by atoms with Crippen molar-refractivity contribution in [1.29, 1.82) is 0 Å². The van der Waals surface area contributed by atoms with Crippen LogP contribution in [-0.4, -0.2) is 75.2 Å². The highest BCUT2D eigenvalue weighted by Gasteiger charge is 2.29. The van der Waals surface area contributed by atoms with Crippen LogP contribution in [0, 0.1) is 6.92 Å². The maximum Gasteiger partial charge on any atom is 0.410 e. The van der Waals surface area contributed by atoms with Crippen molar-refractivity contribution < 1.29 is 27.5 Å². The van der Waals surface area contributed by atoms with E-state index in [2.05, 4.69) is 19.9 Å². The van der Waals surface area contributed by atoms with Crippen molar-refractivity contribution in [3.05, 3.63) is 84.1 Å². The van der Waals surface area contributed by atoms with Crippen LogP contribution in [0.5, 0.6) is 5.75 Å². The number of sulfonamides is 1. The maximum absolute atomic E-state index is 13.8. The molecule has 46 heavy (non-hydrogen) atoms. The van der Waals surface area contributed by atoms with Gasteiger partial charge in [0.2, 0.25) is 15.9 Å². The minimum Gasteiger partial charge on any atom is -0.494 e. The third-order valence-electron chi connectivity index (χ3n) is 7.78. The van der Waals surface area contributed by atoms with Crippen LogP contribution in [0.3, 0.4) is 0 Å². The molecule has 12 heteroatoms. The highest BCUT2D eigenvalue weighted by Crippen LogP contribution is 2.31. The molecule has 3 aromatic carbocycles. The van der Waals surface area contributed by atoms with Crippen molar-refractivity contribution in [3.8, 4) is 5.75 Å². The SMILES string of the molecule is COc1cc(N2CCN(C(=O)OC(C)(C)C)CC2)ccc1NC(=O)C(Cc1c[nH]c2ccccc12)NS(=O)(=O)c1ccc(C)cc1. The lowest BCUT2D eigenvalue weighted by Gasteiger charge is -2.37. The fourth-order valence-corrected chi connectivity index (χ4v) is 6.55. The molecular formula is C34H41N5O6S. The van der Waals surface area contributed by atoms with E-state index in [1.807, 2.05) is 64.1 Å². The largest absolute Gasteiger partial charge is 0.494 e. The number of H-pyrrole nitrogens is 1. The number of amides is 2. The summed E-state index contributed by atoms with van der Waals surface area (Å²) in [5.74, 6) is -0.106. The molecule has 2 heterocycles. The van der Waals surface area contributed by atoms with Gasteiger partial charge in [-0.15, -0.1) is 0 Å². The van der Waals surface area contributed by atoms with Gasteiger partial charge < -0.3 is 29.6 Å². The number of benzene rings is 3. The summed E-state index contributed by atoms with van der Waals surface area (Å²) < 4.78 is 40.6. The molecule has 1 aromatic heterocycles. The number of carbonyl (C=O) groups is 2. The van der Waals surface area contributed by atoms with Crippen molar-refractivity contribution in [3.63, 3.8) is 0 Å². The molecule has 1 fully saturated rings. The summed E-state index contributed by atoms with van der Waals surface area (Å²) in [6, 6.07) is 18.4. The summed E-state index contributed by atoms with van der Waals surface area (Å²) in [5.41, 5.74) is 3.33. The third kappa shape index (κ3) is 7.80. The number of aromatic nitrogens is 1. The normalized spacial score (nSPS) is 14.6. The van der Waals surface area contributed by atoms with E-state index in [0.29, 0.717) is 37.6 Å². The van der Waals surface area contributed by atoms with Crippen LogP contribution in [0.15, 0.2) is 77.8 Å². The Kier molecular flexibility index (Phi) is 9.59. The van der Waals surface area contributed by atoms with Gasteiger partial charge >= 0.3 is 6.09 Å². The third-order valence-corrected chi connectivity index (χ3v) is 9.27. The van der Waals surface area contributed by atoms with E-state index >= 15 is 0 Å². The van der Waals surface area contributed by atoms with E-state index in [1.54, 1.807) is 29.3 Å². The summed E-state index contributed by atoms with van der Waals surface area (Å²) in [6.07, 6.45) is 1.58. The van der Waals surface area contributed by atoms with Crippen molar-refractivity contribution in [2.24, 2.45) is 0 Å². The summed E-state index contributed by atoms with van der Waals surface area (Å²) in [4.78, 5) is 33.4. The summed E-state index contributed by atoms with van der Waals surface area (Å²) in [5, 5.41) is 3.80. The number of nitrogens with zero attached hydrogens (tertiary/aromatic N) is 2. The molecular weight excluding hydrogens is 606 g/mol. The molecule has 0 bridgehead atoms. The smallest absolute Gasteiger partial charge is 0.410 e. The molecule has 1 saturated heterocycles. The standard InChI is InChI=1S/C34H41N5O6S/c1-23-10-13-26(14-11-23)46(42,43)37-30(20-24-22-35-28-9-7-6-8-27(24)28)32(40)36-29-15-12-25(21-31(29)44-5)38-16-18-39(19-17-38)33(41)45-34(2,3)4/h6-15,21-22,30,35,37H,16-20H2,1-5H3,(H,36,40). The van der Waals surface area contributed by atoms with Crippen LogP contribution < -0.4 is 19.7 Å². The molecule has 244 valence electrons. The Hall–Kier alpha value is -4.55. The van der Waals surface area contributed by atoms with Gasteiger partial charge in [0.15, 0.2) is 0 Å². The van der Waals surface area contributed by atoms with E-state index in [-0.39, 0.29) is 17.4 Å². The van der Waals surface area contributed by atoms with E-state index < -0.39 is 27.6 Å². The molecule has 0 spiro atoms. The summed E-state index contributed by atoms with van der Waals surface area (Å²) >= 11 is 0. The van der Waals surface area contributed by atoms with Crippen molar-refractivity contribution >= 4 is 44.3 Å². The van der Waals surface area contributed by atoms with Gasteiger partial charge in [-0.2, -0.15) is 4.72 Å². The first kappa shape index (κ1) is 32.8. The Balaban J connectivity index is 1.34. The van der Waals surface area contributed by atoms with Gasteiger partial charge in [0, 0.05) is 55.0 Å². The lowest BCUT2D eigenvalue weighted by atomic mass is 10.0. The topological polar surface area (TPSA) is 133 Å². The second-order valence-electron chi connectivity index (χ2n) is 12.4. The number of piperazine rings is 1. The fraction of sp³-hybridized carbons (Fsp3) is 0.353. The van der Waals surface area contributed by atoms with Crippen LogP contribution in [0.4, 0.5) is 16.2 Å². The van der Waals surface area contributed by atoms with Crippen LogP contribution >= 0.6 is 0 Å². The quantitative estimate of drug-likeness (QED) is 0.231. The van der Waals surface area contributed by atoms with E-state index in [1.165, 1.54) is 19.2 Å². The van der Waals surface area contributed by atoms with Gasteiger partial charge in [0.05, 0.1) is 17.7 Å². The van der Waals surface area contributed by atoms with Gasteiger partial charge in [0.1, 0.15) is 17.4 Å². The summed E-state index contributed by atoms with van der Waals surface area (Å²) in [6.45, 7) is 9.62. The fourth-order valence-electron chi connectivity index (χ4n) is 5.35. The van der Waals surface area contributed by atoms with Gasteiger partial charge in [-0.05, 0) is 70.0 Å². The van der Waals surface area contributed by atoms with E-state index in [0.717, 1.165) is 27.7 Å². The zero-order chi connectivity index (χ0) is 33.1. The van der Waals surface area contributed by atoms with Crippen LogP contribution in [0.25, 0.3) is 10.9 Å². The number of hydrogen-bond donors (Lipinski definition) is 3. The molecule has 0 radical (unpaired) electrons. The molecule has 1 aliphatic heterocycles. The Bertz CT molecular complexity index is 1810. The van der Waals surface area contributed by atoms with Crippen molar-refractivity contribution in [1.82, 2.24) is 14.6 Å². The molecule has 1 aliphatic rings. The van der Waals surface area contributed by atoms with Crippen molar-refractivity contribution in [2.75, 3.05) is 43.5 Å². The zero-order valence-electron chi connectivity index (χ0n) is 26.8. The van der Waals surface area contributed by atoms with Gasteiger partial charge in [0.25, 0.3) is 0 Å². The second-order valence-corrected chi connectivity index (χ2v) is 14.1. The average molecular weight is 648 g/mol. The maximum atomic E-state index is 13.8. The number of hydrogen-bond acceptors (Lipinski definition) is 7. The lowest BCUT2D eigenvalue weighted by molar-refractivity contribution is -0.117. The molecule has 5 rings (SSSR count). The number of rotatable bonds is 9. The number of aromatic amines is 1. The van der Waals surface area contributed by atoms with Crippen LogP contribution in [0.1, 0.15) is 31.9 Å². The molecule has 1 atom stereocenters. The number of anilines is 2. The Labute approximate surface area is 269 Å². The van der Waals surface area contributed by atoms with E-state index in [9.17, 15) is 18.0 Å². The summed E-state index contributed by atoms with van der Waals surface area (Å²) in [7, 11) is -2.51. The zero-order valence-corrected chi connectivity index (χ0v) is 27.6. The van der Waals surface area contributed by atoms with Crippen molar-refractivity contribution in [2.45, 2.75) is 50.7 Å². The molecule has 0 saturated carbocycles. The minimum absolute atomic E-state index is 0.0727. The number of para-hydroxylation sites is 1. The molecule has 2 amide bonds. The Morgan fingerprint density at radius 1 is 0.978 bits per heavy atom. The van der Waals surface area contributed by atoms with Gasteiger partial charge in [-0.3, -0.25) is 4.79 Å². The molecule has 3 N–H and O–H groups in total. The monoisotopic (exact) mass is 647 g/mol. The number of fused-ring (bicyclic) bond motifs is 1.